The first kappa shape index (κ1) is 10.4. The Labute approximate surface area is 86.7 Å². The van der Waals surface area contributed by atoms with Crippen LogP contribution in [0.25, 0.3) is 0 Å². The summed E-state index contributed by atoms with van der Waals surface area (Å²) in [6, 6.07) is 1.70. The molecule has 0 aliphatic rings. The van der Waals surface area contributed by atoms with Crippen LogP contribution in [0.4, 0.5) is 0 Å². The summed E-state index contributed by atoms with van der Waals surface area (Å²) in [5, 5.41) is 9.47. The van der Waals surface area contributed by atoms with E-state index in [2.05, 4.69) is 15.9 Å². The zero-order valence-electron chi connectivity index (χ0n) is 8.02. The molecule has 1 aromatic carbocycles. The molecule has 0 bridgehead atoms. The molecule has 3 heteroatoms. The van der Waals surface area contributed by atoms with E-state index >= 15 is 0 Å². The molecule has 1 rings (SSSR count). The highest BCUT2D eigenvalue weighted by molar-refractivity contribution is 9.10. The van der Waals surface area contributed by atoms with E-state index in [1.54, 1.807) is 6.07 Å². The second kappa shape index (κ2) is 4.01. The van der Waals surface area contributed by atoms with Gasteiger partial charge >= 0.3 is 0 Å². The fourth-order valence-electron chi connectivity index (χ4n) is 1.29. The van der Waals surface area contributed by atoms with Crippen LogP contribution in [-0.4, -0.2) is 11.7 Å². The molecule has 0 saturated carbocycles. The van der Waals surface area contributed by atoms with E-state index in [1.807, 2.05) is 20.8 Å². The lowest BCUT2D eigenvalue weighted by Gasteiger charge is -2.12. The number of phenols is 1. The number of rotatable bonds is 2. The number of hydrogen-bond acceptors (Lipinski definition) is 2. The van der Waals surface area contributed by atoms with Crippen LogP contribution in [0.1, 0.15) is 18.1 Å². The van der Waals surface area contributed by atoms with Crippen LogP contribution < -0.4 is 4.74 Å². The van der Waals surface area contributed by atoms with Crippen LogP contribution in [0, 0.1) is 13.8 Å². The van der Waals surface area contributed by atoms with E-state index in [9.17, 15) is 5.11 Å². The van der Waals surface area contributed by atoms with Gasteiger partial charge in [0, 0.05) is 5.56 Å². The van der Waals surface area contributed by atoms with Crippen molar-refractivity contribution in [1.29, 1.82) is 0 Å². The number of aryl methyl sites for hydroxylation is 1. The third-order valence-electron chi connectivity index (χ3n) is 1.89. The fourth-order valence-corrected chi connectivity index (χ4v) is 1.58. The lowest BCUT2D eigenvalue weighted by molar-refractivity contribution is 0.334. The average Bonchev–Trinajstić information content (AvgIpc) is 2.09. The molecular formula is C10H13BrO2. The van der Waals surface area contributed by atoms with Crippen LogP contribution in [0.5, 0.6) is 11.5 Å². The summed E-state index contributed by atoms with van der Waals surface area (Å²) >= 11 is 3.30. The number of aromatic hydroxyl groups is 1. The maximum Gasteiger partial charge on any atom is 0.130 e. The Kier molecular flexibility index (Phi) is 3.20. The van der Waals surface area contributed by atoms with Crippen LogP contribution in [0.3, 0.4) is 0 Å². The highest BCUT2D eigenvalue weighted by Gasteiger charge is 2.10. The Hall–Kier alpha value is -0.700. The number of hydrogen-bond donors (Lipinski definition) is 1. The topological polar surface area (TPSA) is 29.5 Å². The average molecular weight is 245 g/mol. The van der Waals surface area contributed by atoms with Gasteiger partial charge in [0.2, 0.25) is 0 Å². The van der Waals surface area contributed by atoms with Gasteiger partial charge < -0.3 is 9.84 Å². The summed E-state index contributed by atoms with van der Waals surface area (Å²) in [5.74, 6) is 1.12. The van der Waals surface area contributed by atoms with Gasteiger partial charge in [0.15, 0.2) is 0 Å². The van der Waals surface area contributed by atoms with E-state index in [-0.39, 0.29) is 5.75 Å². The molecule has 72 valence electrons. The standard InChI is InChI=1S/C10H13BrO2/c1-4-13-10-6(2)5-8(12)9(11)7(10)3/h5,12H,4H2,1-3H3. The summed E-state index contributed by atoms with van der Waals surface area (Å²) in [5.41, 5.74) is 1.90. The summed E-state index contributed by atoms with van der Waals surface area (Å²) < 4.78 is 6.17. The summed E-state index contributed by atoms with van der Waals surface area (Å²) in [4.78, 5) is 0. The molecule has 1 N–H and O–H groups in total. The van der Waals surface area contributed by atoms with Crippen molar-refractivity contribution < 1.29 is 9.84 Å². The molecule has 0 fully saturated rings. The SMILES string of the molecule is CCOc1c(C)cc(O)c(Br)c1C. The minimum absolute atomic E-state index is 0.262. The second-order valence-corrected chi connectivity index (χ2v) is 3.71. The summed E-state index contributed by atoms with van der Waals surface area (Å²) in [7, 11) is 0. The molecule has 13 heavy (non-hydrogen) atoms. The third kappa shape index (κ3) is 1.97. The highest BCUT2D eigenvalue weighted by atomic mass is 79.9. The molecule has 0 radical (unpaired) electrons. The predicted molar refractivity (Wildman–Crippen MR) is 56.4 cm³/mol. The van der Waals surface area contributed by atoms with Gasteiger partial charge in [0.25, 0.3) is 0 Å². The number of phenolic OH excluding ortho intramolecular Hbond substituents is 1. The fraction of sp³-hybridized carbons (Fsp3) is 0.400. The highest BCUT2D eigenvalue weighted by Crippen LogP contribution is 2.36. The van der Waals surface area contributed by atoms with E-state index in [0.29, 0.717) is 11.1 Å². The Bertz CT molecular complexity index is 321. The van der Waals surface area contributed by atoms with Crippen LogP contribution >= 0.6 is 15.9 Å². The zero-order chi connectivity index (χ0) is 10.0. The van der Waals surface area contributed by atoms with Gasteiger partial charge in [0.05, 0.1) is 11.1 Å². The zero-order valence-corrected chi connectivity index (χ0v) is 9.60. The molecule has 2 nitrogen and oxygen atoms in total. The van der Waals surface area contributed by atoms with Crippen molar-refractivity contribution in [2.75, 3.05) is 6.61 Å². The van der Waals surface area contributed by atoms with Crippen molar-refractivity contribution in [3.8, 4) is 11.5 Å². The van der Waals surface area contributed by atoms with E-state index in [4.69, 9.17) is 4.74 Å². The number of benzene rings is 1. The largest absolute Gasteiger partial charge is 0.507 e. The van der Waals surface area contributed by atoms with Crippen LogP contribution in [0.2, 0.25) is 0 Å². The van der Waals surface area contributed by atoms with Gasteiger partial charge in [-0.3, -0.25) is 0 Å². The first-order valence-electron chi connectivity index (χ1n) is 4.19. The Morgan fingerprint density at radius 2 is 2.08 bits per heavy atom. The Morgan fingerprint density at radius 3 is 2.62 bits per heavy atom. The predicted octanol–water partition coefficient (Wildman–Crippen LogP) is 3.17. The van der Waals surface area contributed by atoms with Crippen molar-refractivity contribution in [2.45, 2.75) is 20.8 Å². The lowest BCUT2D eigenvalue weighted by atomic mass is 10.1. The molecule has 0 aliphatic heterocycles. The first-order valence-corrected chi connectivity index (χ1v) is 4.98. The molecule has 0 heterocycles. The van der Waals surface area contributed by atoms with Gasteiger partial charge in [-0.2, -0.15) is 0 Å². The quantitative estimate of drug-likeness (QED) is 0.867. The minimum Gasteiger partial charge on any atom is -0.507 e. The Balaban J connectivity index is 3.26. The number of ether oxygens (including phenoxy) is 1. The first-order chi connectivity index (χ1) is 6.07. The normalized spacial score (nSPS) is 10.2. The minimum atomic E-state index is 0.262. The molecule has 0 amide bonds. The van der Waals surface area contributed by atoms with Crippen molar-refractivity contribution >= 4 is 15.9 Å². The molecule has 0 unspecified atom stereocenters. The summed E-state index contributed by atoms with van der Waals surface area (Å²) in [6.07, 6.45) is 0. The smallest absolute Gasteiger partial charge is 0.130 e. The van der Waals surface area contributed by atoms with Gasteiger partial charge in [-0.25, -0.2) is 0 Å². The van der Waals surface area contributed by atoms with Gasteiger partial charge in [-0.1, -0.05) is 0 Å². The molecule has 0 aromatic heterocycles. The van der Waals surface area contributed by atoms with E-state index in [0.717, 1.165) is 16.9 Å². The van der Waals surface area contributed by atoms with Crippen molar-refractivity contribution in [3.05, 3.63) is 21.7 Å². The molecule has 0 spiro atoms. The molecule has 0 aliphatic carbocycles. The monoisotopic (exact) mass is 244 g/mol. The maximum absolute atomic E-state index is 9.47. The molecule has 0 atom stereocenters. The van der Waals surface area contributed by atoms with Crippen LogP contribution in [-0.2, 0) is 0 Å². The van der Waals surface area contributed by atoms with Crippen molar-refractivity contribution in [3.63, 3.8) is 0 Å². The van der Waals surface area contributed by atoms with Gasteiger partial charge in [0.1, 0.15) is 11.5 Å². The Morgan fingerprint density at radius 1 is 1.46 bits per heavy atom. The molecular weight excluding hydrogens is 232 g/mol. The molecule has 1 aromatic rings. The summed E-state index contributed by atoms with van der Waals surface area (Å²) in [6.45, 7) is 6.42. The van der Waals surface area contributed by atoms with E-state index < -0.39 is 0 Å². The van der Waals surface area contributed by atoms with Gasteiger partial charge in [-0.05, 0) is 48.3 Å². The van der Waals surface area contributed by atoms with Gasteiger partial charge in [-0.15, -0.1) is 0 Å². The van der Waals surface area contributed by atoms with Crippen LogP contribution in [0.15, 0.2) is 10.5 Å². The van der Waals surface area contributed by atoms with Crippen molar-refractivity contribution in [1.82, 2.24) is 0 Å². The van der Waals surface area contributed by atoms with Crippen molar-refractivity contribution in [2.24, 2.45) is 0 Å². The maximum atomic E-state index is 9.47. The molecule has 0 saturated heterocycles. The third-order valence-corrected chi connectivity index (χ3v) is 2.90. The second-order valence-electron chi connectivity index (χ2n) is 2.91. The number of halogens is 1. The van der Waals surface area contributed by atoms with E-state index in [1.165, 1.54) is 0 Å². The lowest BCUT2D eigenvalue weighted by Crippen LogP contribution is -1.97.